The predicted molar refractivity (Wildman–Crippen MR) is 73.4 cm³/mol. The Morgan fingerprint density at radius 2 is 1.95 bits per heavy atom. The highest BCUT2D eigenvalue weighted by Gasteiger charge is 2.12. The molecule has 0 aromatic heterocycles. The summed E-state index contributed by atoms with van der Waals surface area (Å²) in [4.78, 5) is 24.6. The van der Waals surface area contributed by atoms with Crippen LogP contribution >= 0.6 is 0 Å². The van der Waals surface area contributed by atoms with Crippen molar-refractivity contribution in [2.24, 2.45) is 5.73 Å². The van der Waals surface area contributed by atoms with Gasteiger partial charge in [-0.05, 0) is 5.56 Å². The molecule has 6 heteroatoms. The zero-order valence-corrected chi connectivity index (χ0v) is 11.1. The molecule has 0 heterocycles. The number of nitrogens with two attached hydrogens (primary N) is 1. The number of hydrogen-bond acceptors (Lipinski definition) is 4. The maximum Gasteiger partial charge on any atom is 0.321 e. The molecule has 1 rings (SSSR count). The maximum atomic E-state index is 11.6. The first-order valence-corrected chi connectivity index (χ1v) is 6.13. The highest BCUT2D eigenvalue weighted by atomic mass is 16.2. The van der Waals surface area contributed by atoms with Crippen LogP contribution < -0.4 is 16.4 Å². The lowest BCUT2D eigenvalue weighted by Crippen LogP contribution is -2.44. The summed E-state index contributed by atoms with van der Waals surface area (Å²) >= 11 is 0. The molecule has 0 aliphatic rings. The second-order valence-corrected chi connectivity index (χ2v) is 4.11. The van der Waals surface area contributed by atoms with Crippen molar-refractivity contribution in [1.82, 2.24) is 15.5 Å². The van der Waals surface area contributed by atoms with Crippen LogP contribution in [0.5, 0.6) is 0 Å². The Hall–Kier alpha value is -1.92. The number of urea groups is 1. The molecule has 3 amide bonds. The molecule has 0 unspecified atom stereocenters. The summed E-state index contributed by atoms with van der Waals surface area (Å²) in [5.41, 5.74) is 6.63. The van der Waals surface area contributed by atoms with E-state index in [-0.39, 0.29) is 12.5 Å². The second kappa shape index (κ2) is 8.23. The first-order chi connectivity index (χ1) is 9.15. The fraction of sp³-hybridized carbons (Fsp3) is 0.385. The van der Waals surface area contributed by atoms with E-state index in [1.54, 1.807) is 0 Å². The Labute approximate surface area is 113 Å². The molecule has 19 heavy (non-hydrogen) atoms. The van der Waals surface area contributed by atoms with Gasteiger partial charge in [0.05, 0.1) is 6.54 Å². The summed E-state index contributed by atoms with van der Waals surface area (Å²) in [5.74, 6) is -0.344. The van der Waals surface area contributed by atoms with Gasteiger partial charge in [-0.15, -0.1) is 0 Å². The molecule has 6 nitrogen and oxygen atoms in total. The predicted octanol–water partition coefficient (Wildman–Crippen LogP) is -0.0971. The number of carbonyl (C=O) groups is 2. The van der Waals surface area contributed by atoms with Gasteiger partial charge in [-0.1, -0.05) is 30.3 Å². The van der Waals surface area contributed by atoms with Gasteiger partial charge in [0.2, 0.25) is 5.91 Å². The topological polar surface area (TPSA) is 87.5 Å². The first kappa shape index (κ1) is 15.1. The van der Waals surface area contributed by atoms with Crippen LogP contribution in [-0.4, -0.2) is 43.5 Å². The molecule has 0 aliphatic heterocycles. The van der Waals surface area contributed by atoms with Crippen molar-refractivity contribution in [2.45, 2.75) is 6.54 Å². The Morgan fingerprint density at radius 1 is 1.26 bits per heavy atom. The van der Waals surface area contributed by atoms with Gasteiger partial charge >= 0.3 is 6.03 Å². The fourth-order valence-electron chi connectivity index (χ4n) is 1.67. The Balaban J connectivity index is 2.53. The quantitative estimate of drug-likeness (QED) is 0.669. The molecule has 1 aromatic rings. The largest absolute Gasteiger partial charge is 0.341 e. The lowest BCUT2D eigenvalue weighted by Gasteiger charge is -2.20. The van der Waals surface area contributed by atoms with E-state index in [9.17, 15) is 9.59 Å². The van der Waals surface area contributed by atoms with Gasteiger partial charge in [-0.2, -0.15) is 0 Å². The monoisotopic (exact) mass is 264 g/mol. The van der Waals surface area contributed by atoms with Gasteiger partial charge in [-0.3, -0.25) is 15.0 Å². The van der Waals surface area contributed by atoms with E-state index in [0.29, 0.717) is 19.6 Å². The fourth-order valence-corrected chi connectivity index (χ4v) is 1.67. The summed E-state index contributed by atoms with van der Waals surface area (Å²) in [6, 6.07) is 9.30. The molecule has 0 fully saturated rings. The smallest absolute Gasteiger partial charge is 0.321 e. The third-order valence-corrected chi connectivity index (χ3v) is 2.54. The minimum atomic E-state index is -0.502. The normalized spacial score (nSPS) is 10.3. The van der Waals surface area contributed by atoms with E-state index in [4.69, 9.17) is 5.73 Å². The summed E-state index contributed by atoms with van der Waals surface area (Å²) < 4.78 is 0. The highest BCUT2D eigenvalue weighted by molar-refractivity contribution is 5.95. The van der Waals surface area contributed by atoms with E-state index in [0.717, 1.165) is 5.56 Å². The van der Waals surface area contributed by atoms with Gasteiger partial charge in [0.1, 0.15) is 0 Å². The minimum absolute atomic E-state index is 0.138. The number of nitrogens with zero attached hydrogens (tertiary/aromatic N) is 1. The van der Waals surface area contributed by atoms with E-state index in [2.05, 4.69) is 10.6 Å². The molecular weight excluding hydrogens is 244 g/mol. The molecule has 4 N–H and O–H groups in total. The van der Waals surface area contributed by atoms with Crippen molar-refractivity contribution in [3.05, 3.63) is 35.9 Å². The van der Waals surface area contributed by atoms with Crippen LogP contribution in [0.4, 0.5) is 4.79 Å². The minimum Gasteiger partial charge on any atom is -0.341 e. The number of rotatable bonds is 6. The lowest BCUT2D eigenvalue weighted by molar-refractivity contribution is -0.121. The molecule has 0 saturated carbocycles. The van der Waals surface area contributed by atoms with Crippen LogP contribution in [0, 0.1) is 0 Å². The number of nitrogens with one attached hydrogen (secondary N) is 2. The average molecular weight is 264 g/mol. The van der Waals surface area contributed by atoms with Gasteiger partial charge in [-0.25, -0.2) is 4.79 Å². The van der Waals surface area contributed by atoms with Gasteiger partial charge in [0.15, 0.2) is 0 Å². The van der Waals surface area contributed by atoms with E-state index in [1.807, 2.05) is 35.2 Å². The Kier molecular flexibility index (Phi) is 6.56. The molecule has 0 aliphatic carbocycles. The molecule has 0 bridgehead atoms. The second-order valence-electron chi connectivity index (χ2n) is 4.11. The van der Waals surface area contributed by atoms with E-state index in [1.165, 1.54) is 7.05 Å². The van der Waals surface area contributed by atoms with Crippen LogP contribution in [0.25, 0.3) is 0 Å². The summed E-state index contributed by atoms with van der Waals surface area (Å²) in [5, 5.41) is 4.57. The number of hydrogen-bond donors (Lipinski definition) is 3. The third kappa shape index (κ3) is 5.98. The Bertz CT molecular complexity index is 408. The maximum absolute atomic E-state index is 11.6. The van der Waals surface area contributed by atoms with Gasteiger partial charge in [0.25, 0.3) is 0 Å². The number of imide groups is 1. The summed E-state index contributed by atoms with van der Waals surface area (Å²) in [6.45, 7) is 1.81. The molecule has 1 aromatic carbocycles. The van der Waals surface area contributed by atoms with Gasteiger partial charge in [0, 0.05) is 26.7 Å². The van der Waals surface area contributed by atoms with Crippen molar-refractivity contribution in [3.63, 3.8) is 0 Å². The van der Waals surface area contributed by atoms with Crippen LogP contribution in [0.1, 0.15) is 5.56 Å². The Morgan fingerprint density at radius 3 is 2.53 bits per heavy atom. The van der Waals surface area contributed by atoms with Crippen LogP contribution in [0.2, 0.25) is 0 Å². The van der Waals surface area contributed by atoms with Crippen molar-refractivity contribution < 1.29 is 9.59 Å². The highest BCUT2D eigenvalue weighted by Crippen LogP contribution is 2.03. The van der Waals surface area contributed by atoms with Crippen molar-refractivity contribution >= 4 is 11.9 Å². The number of amides is 3. The SMILES string of the molecule is CNC(=O)NC(=O)CN(CCN)Cc1ccccc1. The van der Waals surface area contributed by atoms with Gasteiger partial charge < -0.3 is 11.1 Å². The van der Waals surface area contributed by atoms with E-state index < -0.39 is 6.03 Å². The molecule has 0 radical (unpaired) electrons. The summed E-state index contributed by atoms with van der Waals surface area (Å²) in [7, 11) is 1.46. The molecule has 0 atom stereocenters. The molecule has 0 spiro atoms. The zero-order chi connectivity index (χ0) is 14.1. The summed E-state index contributed by atoms with van der Waals surface area (Å²) in [6.07, 6.45) is 0. The van der Waals surface area contributed by atoms with Crippen molar-refractivity contribution in [1.29, 1.82) is 0 Å². The van der Waals surface area contributed by atoms with Crippen LogP contribution in [0.15, 0.2) is 30.3 Å². The zero-order valence-electron chi connectivity index (χ0n) is 11.1. The number of benzene rings is 1. The molecular formula is C13H20N4O2. The number of carbonyl (C=O) groups excluding carboxylic acids is 2. The average Bonchev–Trinajstić information content (AvgIpc) is 2.39. The third-order valence-electron chi connectivity index (χ3n) is 2.54. The standard InChI is InChI=1S/C13H20N4O2/c1-15-13(19)16-12(18)10-17(8-7-14)9-11-5-3-2-4-6-11/h2-6H,7-10,14H2,1H3,(H2,15,16,18,19). The van der Waals surface area contributed by atoms with E-state index >= 15 is 0 Å². The molecule has 0 saturated heterocycles. The first-order valence-electron chi connectivity index (χ1n) is 6.13. The lowest BCUT2D eigenvalue weighted by atomic mass is 10.2. The van der Waals surface area contributed by atoms with Crippen molar-refractivity contribution in [3.8, 4) is 0 Å². The molecule has 104 valence electrons. The van der Waals surface area contributed by atoms with Crippen molar-refractivity contribution in [2.75, 3.05) is 26.7 Å². The van der Waals surface area contributed by atoms with Crippen LogP contribution in [0.3, 0.4) is 0 Å². The van der Waals surface area contributed by atoms with Crippen LogP contribution in [-0.2, 0) is 11.3 Å².